The van der Waals surface area contributed by atoms with Crippen molar-refractivity contribution in [3.8, 4) is 0 Å². The van der Waals surface area contributed by atoms with Crippen molar-refractivity contribution in [2.24, 2.45) is 23.7 Å². The van der Waals surface area contributed by atoms with Gasteiger partial charge in [0.1, 0.15) is 0 Å². The third-order valence-corrected chi connectivity index (χ3v) is 7.25. The van der Waals surface area contributed by atoms with E-state index in [4.69, 9.17) is 10.2 Å². The van der Waals surface area contributed by atoms with Gasteiger partial charge in [-0.2, -0.15) is 0 Å². The predicted molar refractivity (Wildman–Crippen MR) is 122 cm³/mol. The van der Waals surface area contributed by atoms with Gasteiger partial charge in [0.05, 0.1) is 12.2 Å². The number of carbonyl (C=O) groups is 2. The van der Waals surface area contributed by atoms with Gasteiger partial charge in [0.2, 0.25) is 0 Å². The molecule has 0 aromatic rings. The third-order valence-electron chi connectivity index (χ3n) is 7.25. The Bertz CT molecular complexity index is 508. The highest BCUT2D eigenvalue weighted by Gasteiger charge is 2.36. The van der Waals surface area contributed by atoms with Gasteiger partial charge in [0, 0.05) is 12.8 Å². The molecule has 2 fully saturated rings. The van der Waals surface area contributed by atoms with Gasteiger partial charge in [-0.1, -0.05) is 58.8 Å². The van der Waals surface area contributed by atoms with Gasteiger partial charge in [-0.05, 0) is 62.2 Å². The number of aliphatic hydroxyl groups excluding tert-OH is 2. The quantitative estimate of drug-likeness (QED) is 0.290. The molecule has 6 atom stereocenters. The Labute approximate surface area is 188 Å². The fraction of sp³-hybridized carbons (Fsp3) is 0.920. The number of hydrogen-bond acceptors (Lipinski definition) is 4. The molecule has 2 aliphatic carbocycles. The van der Waals surface area contributed by atoms with E-state index in [0.29, 0.717) is 0 Å². The summed E-state index contributed by atoms with van der Waals surface area (Å²) in [7, 11) is 0. The van der Waals surface area contributed by atoms with Crippen molar-refractivity contribution in [3.05, 3.63) is 0 Å². The minimum Gasteiger partial charge on any atom is -0.481 e. The Balaban J connectivity index is 0.000000327. The minimum absolute atomic E-state index is 0.201. The topological polar surface area (TPSA) is 115 Å². The lowest BCUT2D eigenvalue weighted by Gasteiger charge is -2.20. The van der Waals surface area contributed by atoms with Gasteiger partial charge in [-0.15, -0.1) is 0 Å². The number of unbranched alkanes of at least 4 members (excludes halogenated alkanes) is 5. The summed E-state index contributed by atoms with van der Waals surface area (Å²) >= 11 is 0. The molecule has 0 radical (unpaired) electrons. The van der Waals surface area contributed by atoms with Crippen molar-refractivity contribution in [2.45, 2.75) is 122 Å². The van der Waals surface area contributed by atoms with Gasteiger partial charge >= 0.3 is 11.9 Å². The fourth-order valence-electron chi connectivity index (χ4n) is 5.56. The molecule has 0 saturated heterocycles. The molecule has 2 aliphatic rings. The first-order valence-electron chi connectivity index (χ1n) is 12.6. The van der Waals surface area contributed by atoms with Crippen LogP contribution < -0.4 is 0 Å². The van der Waals surface area contributed by atoms with Crippen LogP contribution in [0.2, 0.25) is 0 Å². The van der Waals surface area contributed by atoms with E-state index in [9.17, 15) is 19.8 Å². The SMILES string of the molecule is CCCC1C(O)CCC1CC(=O)O.CCCCCCCCC1C(O)CCC1CC(=O)O. The molecular formula is C25H46O6. The maximum Gasteiger partial charge on any atom is 0.303 e. The molecule has 6 heteroatoms. The lowest BCUT2D eigenvalue weighted by atomic mass is 9.87. The van der Waals surface area contributed by atoms with E-state index in [1.165, 1.54) is 32.1 Å². The molecule has 0 spiro atoms. The van der Waals surface area contributed by atoms with E-state index in [1.54, 1.807) is 0 Å². The second kappa shape index (κ2) is 15.6. The van der Waals surface area contributed by atoms with Crippen LogP contribution >= 0.6 is 0 Å². The molecule has 0 amide bonds. The highest BCUT2D eigenvalue weighted by molar-refractivity contribution is 5.67. The van der Waals surface area contributed by atoms with E-state index in [-0.39, 0.29) is 48.7 Å². The predicted octanol–water partition coefficient (Wildman–Crippen LogP) is 5.25. The van der Waals surface area contributed by atoms with Gasteiger partial charge < -0.3 is 20.4 Å². The van der Waals surface area contributed by atoms with Crippen molar-refractivity contribution in [3.63, 3.8) is 0 Å². The summed E-state index contributed by atoms with van der Waals surface area (Å²) in [6.07, 6.45) is 13.8. The zero-order valence-corrected chi connectivity index (χ0v) is 19.7. The van der Waals surface area contributed by atoms with Crippen LogP contribution in [0.25, 0.3) is 0 Å². The fourth-order valence-corrected chi connectivity index (χ4v) is 5.56. The second-order valence-corrected chi connectivity index (χ2v) is 9.68. The zero-order valence-electron chi connectivity index (χ0n) is 19.7. The van der Waals surface area contributed by atoms with Crippen molar-refractivity contribution in [1.82, 2.24) is 0 Å². The largest absolute Gasteiger partial charge is 0.481 e. The smallest absolute Gasteiger partial charge is 0.303 e. The minimum atomic E-state index is -0.736. The van der Waals surface area contributed by atoms with Crippen molar-refractivity contribution >= 4 is 11.9 Å². The standard InChI is InChI=1S/C15H28O3.C10H18O3/c1-2-3-4-5-6-7-8-13-12(11-15(17)18)9-10-14(13)16;1-2-3-8-7(6-10(12)13)4-5-9(8)11/h12-14,16H,2-11H2,1H3,(H,17,18);7-9,11H,2-6H2,1H3,(H,12,13). The summed E-state index contributed by atoms with van der Waals surface area (Å²) in [5.41, 5.74) is 0. The zero-order chi connectivity index (χ0) is 23.2. The maximum atomic E-state index is 10.8. The molecule has 0 bridgehead atoms. The number of aliphatic hydroxyl groups is 2. The van der Waals surface area contributed by atoms with E-state index < -0.39 is 11.9 Å². The first kappa shape index (κ1) is 27.9. The van der Waals surface area contributed by atoms with Crippen LogP contribution in [0.3, 0.4) is 0 Å². The second-order valence-electron chi connectivity index (χ2n) is 9.68. The molecule has 0 heterocycles. The van der Waals surface area contributed by atoms with Crippen LogP contribution in [-0.2, 0) is 9.59 Å². The average molecular weight is 443 g/mol. The average Bonchev–Trinajstić information content (AvgIpc) is 3.21. The number of rotatable bonds is 13. The molecule has 6 unspecified atom stereocenters. The number of aliphatic carboxylic acids is 2. The lowest BCUT2D eigenvalue weighted by molar-refractivity contribution is -0.139. The van der Waals surface area contributed by atoms with Crippen molar-refractivity contribution in [1.29, 1.82) is 0 Å². The first-order valence-corrected chi connectivity index (χ1v) is 12.6. The van der Waals surface area contributed by atoms with Crippen LogP contribution in [0.4, 0.5) is 0 Å². The highest BCUT2D eigenvalue weighted by Crippen LogP contribution is 2.38. The van der Waals surface area contributed by atoms with E-state index in [2.05, 4.69) is 13.8 Å². The molecule has 6 nitrogen and oxygen atoms in total. The Morgan fingerprint density at radius 2 is 1.10 bits per heavy atom. The summed E-state index contributed by atoms with van der Waals surface area (Å²) in [5, 5.41) is 37.1. The maximum absolute atomic E-state index is 10.8. The van der Waals surface area contributed by atoms with Crippen LogP contribution in [0.15, 0.2) is 0 Å². The van der Waals surface area contributed by atoms with Crippen LogP contribution in [0.1, 0.15) is 110 Å². The molecule has 2 rings (SSSR count). The normalized spacial score (nSPS) is 30.1. The Morgan fingerprint density at radius 3 is 1.55 bits per heavy atom. The Hall–Kier alpha value is -1.14. The molecule has 0 aromatic heterocycles. The Kier molecular flexibility index (Phi) is 14.1. The van der Waals surface area contributed by atoms with Gasteiger partial charge in [-0.3, -0.25) is 9.59 Å². The van der Waals surface area contributed by atoms with Crippen molar-refractivity contribution in [2.75, 3.05) is 0 Å². The number of carboxylic acid groups (broad SMARTS) is 2. The third kappa shape index (κ3) is 10.8. The Morgan fingerprint density at radius 1 is 0.645 bits per heavy atom. The lowest BCUT2D eigenvalue weighted by Crippen LogP contribution is -2.21. The number of hydrogen-bond donors (Lipinski definition) is 4. The van der Waals surface area contributed by atoms with Gasteiger partial charge in [0.15, 0.2) is 0 Å². The molecule has 2 saturated carbocycles. The summed E-state index contributed by atoms with van der Waals surface area (Å²) in [6, 6.07) is 0. The highest BCUT2D eigenvalue weighted by atomic mass is 16.4. The molecule has 0 aromatic carbocycles. The summed E-state index contributed by atoms with van der Waals surface area (Å²) in [5.74, 6) is -0.601. The molecule has 31 heavy (non-hydrogen) atoms. The van der Waals surface area contributed by atoms with E-state index >= 15 is 0 Å². The molecule has 4 N–H and O–H groups in total. The molecular weight excluding hydrogens is 396 g/mol. The summed E-state index contributed by atoms with van der Waals surface area (Å²) in [4.78, 5) is 21.3. The van der Waals surface area contributed by atoms with Gasteiger partial charge in [-0.25, -0.2) is 0 Å². The summed E-state index contributed by atoms with van der Waals surface area (Å²) < 4.78 is 0. The monoisotopic (exact) mass is 442 g/mol. The van der Waals surface area contributed by atoms with Crippen LogP contribution in [0.5, 0.6) is 0 Å². The van der Waals surface area contributed by atoms with Crippen molar-refractivity contribution < 1.29 is 30.0 Å². The van der Waals surface area contributed by atoms with Crippen LogP contribution in [-0.4, -0.2) is 44.6 Å². The van der Waals surface area contributed by atoms with E-state index in [0.717, 1.165) is 51.4 Å². The van der Waals surface area contributed by atoms with Gasteiger partial charge in [0.25, 0.3) is 0 Å². The number of carboxylic acids is 2. The molecule has 182 valence electrons. The first-order chi connectivity index (χ1) is 14.8. The van der Waals surface area contributed by atoms with Crippen LogP contribution in [0, 0.1) is 23.7 Å². The van der Waals surface area contributed by atoms with E-state index in [1.807, 2.05) is 0 Å². The summed E-state index contributed by atoms with van der Waals surface area (Å²) in [6.45, 7) is 4.29. The molecule has 0 aliphatic heterocycles.